The average Bonchev–Trinajstić information content (AvgIpc) is 2.62. The van der Waals surface area contributed by atoms with Crippen LogP contribution in [0.3, 0.4) is 0 Å². The molecule has 26 heavy (non-hydrogen) atoms. The summed E-state index contributed by atoms with van der Waals surface area (Å²) >= 11 is 0. The van der Waals surface area contributed by atoms with Crippen LogP contribution in [0.25, 0.3) is 0 Å². The molecule has 138 valence electrons. The molecule has 0 atom stereocenters. The summed E-state index contributed by atoms with van der Waals surface area (Å²) in [7, 11) is 0. The quantitative estimate of drug-likeness (QED) is 0.857. The van der Waals surface area contributed by atoms with Crippen LogP contribution in [0.5, 0.6) is 5.75 Å². The van der Waals surface area contributed by atoms with Gasteiger partial charge in [0.15, 0.2) is 5.69 Å². The van der Waals surface area contributed by atoms with E-state index in [1.54, 1.807) is 0 Å². The normalized spacial score (nSPS) is 17.2. The summed E-state index contributed by atoms with van der Waals surface area (Å²) in [6.07, 6.45) is -2.92. The Balaban J connectivity index is 1.75. The number of carbonyl (C=O) groups is 1. The van der Waals surface area contributed by atoms with Crippen molar-refractivity contribution in [2.45, 2.75) is 24.6 Å². The number of alkyl halides is 3. The van der Waals surface area contributed by atoms with E-state index in [1.807, 2.05) is 0 Å². The molecule has 5 nitrogen and oxygen atoms in total. The van der Waals surface area contributed by atoms with Gasteiger partial charge in [-0.3, -0.25) is 4.79 Å². The standard InChI is InChI=1S/C18H17F3N2O3/c19-18(20,21)13-4-1-3-12(11-13)17(26)6-9-23(10-7-17)16(25)15-14(24)5-2-8-22-15/h1-5,8,11,24,26H,6-7,9-10H2. The first-order valence-electron chi connectivity index (χ1n) is 8.04. The number of aromatic nitrogens is 1. The van der Waals surface area contributed by atoms with Gasteiger partial charge in [-0.25, -0.2) is 4.98 Å². The van der Waals surface area contributed by atoms with Crippen LogP contribution in [0.15, 0.2) is 42.6 Å². The molecule has 1 aliphatic heterocycles. The summed E-state index contributed by atoms with van der Waals surface area (Å²) in [6, 6.07) is 7.46. The molecule has 2 aromatic rings. The number of benzene rings is 1. The van der Waals surface area contributed by atoms with E-state index < -0.39 is 23.2 Å². The maximum atomic E-state index is 12.9. The van der Waals surface area contributed by atoms with E-state index in [0.29, 0.717) is 0 Å². The van der Waals surface area contributed by atoms with Crippen LogP contribution in [0.4, 0.5) is 13.2 Å². The number of halogens is 3. The predicted octanol–water partition coefficient (Wildman–Crippen LogP) is 2.93. The van der Waals surface area contributed by atoms with Crippen LogP contribution in [0.1, 0.15) is 34.5 Å². The minimum absolute atomic E-state index is 0.0861. The fourth-order valence-corrected chi connectivity index (χ4v) is 3.06. The van der Waals surface area contributed by atoms with Gasteiger partial charge in [-0.1, -0.05) is 12.1 Å². The molecule has 0 spiro atoms. The fraction of sp³-hybridized carbons (Fsp3) is 0.333. The van der Waals surface area contributed by atoms with Gasteiger partial charge in [0, 0.05) is 19.3 Å². The molecule has 1 aromatic carbocycles. The van der Waals surface area contributed by atoms with Gasteiger partial charge < -0.3 is 15.1 Å². The Morgan fingerprint density at radius 2 is 1.85 bits per heavy atom. The molecule has 0 unspecified atom stereocenters. The molecule has 0 radical (unpaired) electrons. The van der Waals surface area contributed by atoms with E-state index in [2.05, 4.69) is 4.98 Å². The first kappa shape index (κ1) is 18.2. The zero-order valence-electron chi connectivity index (χ0n) is 13.7. The molecule has 0 bridgehead atoms. The van der Waals surface area contributed by atoms with Crippen LogP contribution in [-0.2, 0) is 11.8 Å². The maximum absolute atomic E-state index is 12.9. The van der Waals surface area contributed by atoms with Crippen molar-refractivity contribution in [3.63, 3.8) is 0 Å². The number of aromatic hydroxyl groups is 1. The highest BCUT2D eigenvalue weighted by atomic mass is 19.4. The number of pyridine rings is 1. The van der Waals surface area contributed by atoms with E-state index in [-0.39, 0.29) is 42.9 Å². The van der Waals surface area contributed by atoms with Crippen molar-refractivity contribution in [3.8, 4) is 5.75 Å². The Hall–Kier alpha value is -2.61. The molecule has 3 rings (SSSR count). The first-order valence-corrected chi connectivity index (χ1v) is 8.04. The molecule has 1 saturated heterocycles. The highest BCUT2D eigenvalue weighted by molar-refractivity contribution is 5.94. The van der Waals surface area contributed by atoms with Gasteiger partial charge in [0.25, 0.3) is 5.91 Å². The molecular formula is C18H17F3N2O3. The highest BCUT2D eigenvalue weighted by Crippen LogP contribution is 2.37. The van der Waals surface area contributed by atoms with Gasteiger partial charge >= 0.3 is 6.18 Å². The van der Waals surface area contributed by atoms with Gasteiger partial charge in [0.2, 0.25) is 0 Å². The molecule has 1 fully saturated rings. The molecule has 1 aromatic heterocycles. The Morgan fingerprint density at radius 1 is 1.15 bits per heavy atom. The number of amides is 1. The molecule has 0 aliphatic carbocycles. The monoisotopic (exact) mass is 366 g/mol. The van der Waals surface area contributed by atoms with E-state index >= 15 is 0 Å². The summed E-state index contributed by atoms with van der Waals surface area (Å²) in [5.74, 6) is -0.717. The summed E-state index contributed by atoms with van der Waals surface area (Å²) in [5.41, 5.74) is -2.16. The lowest BCUT2D eigenvalue weighted by molar-refractivity contribution is -0.137. The third kappa shape index (κ3) is 3.50. The maximum Gasteiger partial charge on any atom is 0.416 e. The number of piperidine rings is 1. The average molecular weight is 366 g/mol. The Morgan fingerprint density at radius 3 is 2.46 bits per heavy atom. The van der Waals surface area contributed by atoms with Crippen molar-refractivity contribution >= 4 is 5.91 Å². The Bertz CT molecular complexity index is 815. The van der Waals surface area contributed by atoms with Gasteiger partial charge in [-0.05, 0) is 42.7 Å². The van der Waals surface area contributed by atoms with Crippen molar-refractivity contribution in [3.05, 3.63) is 59.4 Å². The molecule has 2 heterocycles. The zero-order valence-corrected chi connectivity index (χ0v) is 13.7. The fourth-order valence-electron chi connectivity index (χ4n) is 3.06. The van der Waals surface area contributed by atoms with Gasteiger partial charge in [0.1, 0.15) is 5.75 Å². The van der Waals surface area contributed by atoms with E-state index in [9.17, 15) is 28.2 Å². The van der Waals surface area contributed by atoms with Gasteiger partial charge in [0.05, 0.1) is 11.2 Å². The molecule has 0 saturated carbocycles. The number of nitrogens with zero attached hydrogens (tertiary/aromatic N) is 2. The number of hydrogen-bond donors (Lipinski definition) is 2. The highest BCUT2D eigenvalue weighted by Gasteiger charge is 2.38. The van der Waals surface area contributed by atoms with Crippen molar-refractivity contribution in [2.24, 2.45) is 0 Å². The lowest BCUT2D eigenvalue weighted by atomic mass is 9.83. The zero-order chi connectivity index (χ0) is 18.9. The topological polar surface area (TPSA) is 73.7 Å². The largest absolute Gasteiger partial charge is 0.505 e. The molecule has 1 aliphatic rings. The van der Waals surface area contributed by atoms with Crippen molar-refractivity contribution < 1.29 is 28.2 Å². The van der Waals surface area contributed by atoms with Crippen molar-refractivity contribution in [2.75, 3.05) is 13.1 Å². The Labute approximate surface area is 147 Å². The van der Waals surface area contributed by atoms with E-state index in [4.69, 9.17) is 0 Å². The second-order valence-corrected chi connectivity index (χ2v) is 6.27. The molecule has 2 N–H and O–H groups in total. The van der Waals surface area contributed by atoms with Crippen LogP contribution < -0.4 is 0 Å². The third-order valence-electron chi connectivity index (χ3n) is 4.59. The summed E-state index contributed by atoms with van der Waals surface area (Å²) < 4.78 is 38.7. The summed E-state index contributed by atoms with van der Waals surface area (Å²) in [6.45, 7) is 0.281. The number of likely N-dealkylation sites (tertiary alicyclic amines) is 1. The Kier molecular flexibility index (Phi) is 4.62. The van der Waals surface area contributed by atoms with E-state index in [0.717, 1.165) is 12.1 Å². The van der Waals surface area contributed by atoms with Crippen LogP contribution >= 0.6 is 0 Å². The summed E-state index contributed by atoms with van der Waals surface area (Å²) in [4.78, 5) is 17.7. The van der Waals surface area contributed by atoms with Crippen LogP contribution in [-0.4, -0.2) is 39.1 Å². The minimum Gasteiger partial charge on any atom is -0.505 e. The minimum atomic E-state index is -4.49. The number of hydrogen-bond acceptors (Lipinski definition) is 4. The van der Waals surface area contributed by atoms with Crippen LogP contribution in [0, 0.1) is 0 Å². The number of rotatable bonds is 2. The lowest BCUT2D eigenvalue weighted by Gasteiger charge is -2.38. The smallest absolute Gasteiger partial charge is 0.416 e. The van der Waals surface area contributed by atoms with Gasteiger partial charge in [-0.15, -0.1) is 0 Å². The molecule has 1 amide bonds. The summed E-state index contributed by atoms with van der Waals surface area (Å²) in [5, 5.41) is 20.5. The number of aliphatic hydroxyl groups is 1. The van der Waals surface area contributed by atoms with Crippen LogP contribution in [0.2, 0.25) is 0 Å². The van der Waals surface area contributed by atoms with Crippen molar-refractivity contribution in [1.29, 1.82) is 0 Å². The molecule has 8 heteroatoms. The van der Waals surface area contributed by atoms with Crippen molar-refractivity contribution in [1.82, 2.24) is 9.88 Å². The third-order valence-corrected chi connectivity index (χ3v) is 4.59. The molecular weight excluding hydrogens is 349 g/mol. The van der Waals surface area contributed by atoms with E-state index in [1.165, 1.54) is 35.4 Å². The number of carbonyl (C=O) groups excluding carboxylic acids is 1. The lowest BCUT2D eigenvalue weighted by Crippen LogP contribution is -2.45. The SMILES string of the molecule is O=C(c1ncccc1O)N1CCC(O)(c2cccc(C(F)(F)F)c2)CC1. The second kappa shape index (κ2) is 6.60. The second-order valence-electron chi connectivity index (χ2n) is 6.27. The first-order chi connectivity index (χ1) is 12.2. The van der Waals surface area contributed by atoms with Gasteiger partial charge in [-0.2, -0.15) is 13.2 Å². The predicted molar refractivity (Wildman–Crippen MR) is 86.4 cm³/mol.